The molecule has 3 rings (SSSR count). The molecule has 1 heterocycles. The summed E-state index contributed by atoms with van der Waals surface area (Å²) in [6, 6.07) is 12.3. The highest BCUT2D eigenvalue weighted by Gasteiger charge is 2.21. The van der Waals surface area contributed by atoms with Crippen molar-refractivity contribution in [2.24, 2.45) is 0 Å². The fraction of sp³-hybridized carbons (Fsp3) is 0.346. The molecular formula is C26H29ClN2O3. The quantitative estimate of drug-likeness (QED) is 0.245. The fourth-order valence-electron chi connectivity index (χ4n) is 3.81. The number of nitrogens with zero attached hydrogens (tertiary/aromatic N) is 1. The van der Waals surface area contributed by atoms with Crippen molar-refractivity contribution in [1.82, 2.24) is 5.32 Å². The van der Waals surface area contributed by atoms with Gasteiger partial charge in [0.25, 0.3) is 0 Å². The number of ether oxygens (including phenoxy) is 2. The smallest absolute Gasteiger partial charge is 0.330 e. The van der Waals surface area contributed by atoms with Gasteiger partial charge in [0.15, 0.2) is 0 Å². The molecule has 2 aromatic rings. The molecular weight excluding hydrogens is 424 g/mol. The molecule has 1 N–H and O–H groups in total. The minimum Gasteiger partial charge on any atom is -0.481 e. The average Bonchev–Trinajstić information content (AvgIpc) is 2.95. The molecule has 0 saturated heterocycles. The third-order valence-corrected chi connectivity index (χ3v) is 5.60. The van der Waals surface area contributed by atoms with Crippen molar-refractivity contribution in [2.75, 3.05) is 38.3 Å². The van der Waals surface area contributed by atoms with Crippen molar-refractivity contribution in [3.05, 3.63) is 64.7 Å². The Hall–Kier alpha value is -2.94. The molecule has 32 heavy (non-hydrogen) atoms. The number of unbranched alkanes of at least 4 members (excludes halogenated alkanes) is 1. The van der Waals surface area contributed by atoms with E-state index in [9.17, 15) is 4.79 Å². The highest BCUT2D eigenvalue weighted by Crippen LogP contribution is 2.39. The molecule has 5 nitrogen and oxygen atoms in total. The molecule has 0 spiro atoms. The van der Waals surface area contributed by atoms with Crippen LogP contribution in [-0.2, 0) is 22.4 Å². The molecule has 0 fully saturated rings. The Balaban J connectivity index is 1.67. The van der Waals surface area contributed by atoms with Crippen LogP contribution in [0, 0.1) is 12.3 Å². The first-order chi connectivity index (χ1) is 15.6. The highest BCUT2D eigenvalue weighted by molar-refractivity contribution is 6.30. The summed E-state index contributed by atoms with van der Waals surface area (Å²) in [7, 11) is 1.37. The van der Waals surface area contributed by atoms with Gasteiger partial charge in [0.1, 0.15) is 12.4 Å². The number of carbonyl (C=O) groups is 1. The monoisotopic (exact) mass is 452 g/mol. The number of aryl methyl sites for hydroxylation is 2. The number of esters is 1. The van der Waals surface area contributed by atoms with Gasteiger partial charge in [-0.1, -0.05) is 29.7 Å². The molecule has 0 amide bonds. The molecule has 1 aliphatic heterocycles. The number of nitrogens with one attached hydrogen (secondary N) is 1. The van der Waals surface area contributed by atoms with Crippen molar-refractivity contribution in [2.45, 2.75) is 25.7 Å². The van der Waals surface area contributed by atoms with Crippen LogP contribution in [0.15, 0.2) is 48.6 Å². The number of benzene rings is 2. The first-order valence-corrected chi connectivity index (χ1v) is 11.2. The van der Waals surface area contributed by atoms with Gasteiger partial charge in [-0.2, -0.15) is 0 Å². The fourth-order valence-corrected chi connectivity index (χ4v) is 3.97. The summed E-state index contributed by atoms with van der Waals surface area (Å²) >= 11 is 6.35. The largest absolute Gasteiger partial charge is 0.481 e. The zero-order valence-electron chi connectivity index (χ0n) is 18.4. The lowest BCUT2D eigenvalue weighted by Crippen LogP contribution is -2.22. The predicted molar refractivity (Wildman–Crippen MR) is 130 cm³/mol. The maximum atomic E-state index is 11.1. The molecule has 168 valence electrons. The van der Waals surface area contributed by atoms with Gasteiger partial charge in [0, 0.05) is 35.6 Å². The lowest BCUT2D eigenvalue weighted by molar-refractivity contribution is -0.134. The third-order valence-electron chi connectivity index (χ3n) is 5.37. The Kier molecular flexibility index (Phi) is 9.03. The van der Waals surface area contributed by atoms with E-state index >= 15 is 0 Å². The highest BCUT2D eigenvalue weighted by atomic mass is 35.5. The topological polar surface area (TPSA) is 50.8 Å². The van der Waals surface area contributed by atoms with Gasteiger partial charge in [-0.3, -0.25) is 0 Å². The van der Waals surface area contributed by atoms with E-state index < -0.39 is 0 Å². The third kappa shape index (κ3) is 6.53. The van der Waals surface area contributed by atoms with Gasteiger partial charge in [0.05, 0.1) is 7.11 Å². The summed E-state index contributed by atoms with van der Waals surface area (Å²) in [4.78, 5) is 13.4. The van der Waals surface area contributed by atoms with Crippen LogP contribution in [0.2, 0.25) is 5.02 Å². The standard InChI is InChI=1S/C26H29ClN2O3/c1-3-17-32-23-12-13-24-21(18-23)9-8-20-10-11-22(27)19-25(20)29(24)16-5-4-14-28-15-6-7-26(30)31-2/h1,6-7,10-13,18-19,28H,4-5,8-9,14-17H2,2H3/b7-6+. The summed E-state index contributed by atoms with van der Waals surface area (Å²) in [6.07, 6.45) is 12.4. The molecule has 2 aromatic carbocycles. The number of fused-ring (bicyclic) bond motifs is 2. The van der Waals surface area contributed by atoms with Crippen LogP contribution in [0.5, 0.6) is 5.75 Å². The first-order valence-electron chi connectivity index (χ1n) is 10.8. The van der Waals surface area contributed by atoms with E-state index in [-0.39, 0.29) is 12.6 Å². The van der Waals surface area contributed by atoms with Gasteiger partial charge in [-0.15, -0.1) is 6.42 Å². The Morgan fingerprint density at radius 1 is 1.19 bits per heavy atom. The molecule has 0 aliphatic carbocycles. The summed E-state index contributed by atoms with van der Waals surface area (Å²) in [6.45, 7) is 2.65. The van der Waals surface area contributed by atoms with Crippen LogP contribution in [0.1, 0.15) is 24.0 Å². The molecule has 0 unspecified atom stereocenters. The number of methoxy groups -OCH3 is 1. The molecule has 0 radical (unpaired) electrons. The van der Waals surface area contributed by atoms with Crippen LogP contribution < -0.4 is 15.0 Å². The lowest BCUT2D eigenvalue weighted by Gasteiger charge is -2.27. The van der Waals surface area contributed by atoms with Crippen LogP contribution in [0.4, 0.5) is 11.4 Å². The number of halogens is 1. The Bertz CT molecular complexity index is 997. The number of anilines is 2. The zero-order chi connectivity index (χ0) is 22.8. The normalized spacial score (nSPS) is 12.6. The van der Waals surface area contributed by atoms with Crippen molar-refractivity contribution in [1.29, 1.82) is 0 Å². The van der Waals surface area contributed by atoms with E-state index in [4.69, 9.17) is 22.8 Å². The number of carbonyl (C=O) groups excluding carboxylic acids is 1. The van der Waals surface area contributed by atoms with E-state index in [1.54, 1.807) is 6.08 Å². The van der Waals surface area contributed by atoms with E-state index in [1.165, 1.54) is 35.7 Å². The Morgan fingerprint density at radius 2 is 2.03 bits per heavy atom. The van der Waals surface area contributed by atoms with E-state index in [0.717, 1.165) is 49.5 Å². The number of rotatable bonds is 10. The maximum absolute atomic E-state index is 11.1. The van der Waals surface area contributed by atoms with Gasteiger partial charge in [0.2, 0.25) is 0 Å². The molecule has 6 heteroatoms. The predicted octanol–water partition coefficient (Wildman–Crippen LogP) is 4.69. The van der Waals surface area contributed by atoms with Crippen molar-refractivity contribution >= 4 is 28.9 Å². The van der Waals surface area contributed by atoms with Gasteiger partial charge in [-0.05, 0) is 73.7 Å². The van der Waals surface area contributed by atoms with Crippen molar-refractivity contribution in [3.8, 4) is 18.1 Å². The minimum atomic E-state index is -0.336. The number of hydrogen-bond acceptors (Lipinski definition) is 5. The Labute approximate surface area is 195 Å². The van der Waals surface area contributed by atoms with Gasteiger partial charge in [-0.25, -0.2) is 4.79 Å². The summed E-state index contributed by atoms with van der Waals surface area (Å²) in [5, 5.41) is 4.06. The number of hydrogen-bond donors (Lipinski definition) is 1. The summed E-state index contributed by atoms with van der Waals surface area (Å²) in [5.74, 6) is 2.98. The maximum Gasteiger partial charge on any atom is 0.330 e. The van der Waals surface area contributed by atoms with E-state index in [1.807, 2.05) is 12.1 Å². The average molecular weight is 453 g/mol. The lowest BCUT2D eigenvalue weighted by atomic mass is 10.0. The van der Waals surface area contributed by atoms with Crippen LogP contribution >= 0.6 is 11.6 Å². The molecule has 0 atom stereocenters. The minimum absolute atomic E-state index is 0.264. The molecule has 0 aromatic heterocycles. The van der Waals surface area contributed by atoms with Crippen molar-refractivity contribution < 1.29 is 14.3 Å². The molecule has 1 aliphatic rings. The first kappa shape index (κ1) is 23.7. The zero-order valence-corrected chi connectivity index (χ0v) is 19.2. The summed E-state index contributed by atoms with van der Waals surface area (Å²) in [5.41, 5.74) is 4.90. The van der Waals surface area contributed by atoms with E-state index in [0.29, 0.717) is 6.54 Å². The van der Waals surface area contributed by atoms with Crippen molar-refractivity contribution in [3.63, 3.8) is 0 Å². The number of terminal acetylenes is 1. The molecule has 0 bridgehead atoms. The van der Waals surface area contributed by atoms with Crippen LogP contribution in [0.3, 0.4) is 0 Å². The van der Waals surface area contributed by atoms with Gasteiger partial charge >= 0.3 is 5.97 Å². The van der Waals surface area contributed by atoms with Gasteiger partial charge < -0.3 is 19.7 Å². The second-order valence-electron chi connectivity index (χ2n) is 7.54. The molecule has 0 saturated carbocycles. The summed E-state index contributed by atoms with van der Waals surface area (Å²) < 4.78 is 10.2. The van der Waals surface area contributed by atoms with E-state index in [2.05, 4.69) is 45.1 Å². The van der Waals surface area contributed by atoms with Crippen LogP contribution in [0.25, 0.3) is 0 Å². The SMILES string of the molecule is C#CCOc1ccc2c(c1)CCc1ccc(Cl)cc1N2CCCCNC/C=C/C(=O)OC. The second-order valence-corrected chi connectivity index (χ2v) is 7.98. The van der Waals surface area contributed by atoms with Crippen LogP contribution in [-0.4, -0.2) is 39.3 Å². The Morgan fingerprint density at radius 3 is 2.84 bits per heavy atom. The second kappa shape index (κ2) is 12.2.